The number of aliphatic hydroxyl groups excluding tert-OH is 1. The zero-order valence-electron chi connectivity index (χ0n) is 8.96. The highest BCUT2D eigenvalue weighted by Crippen LogP contribution is 2.22. The molecule has 0 aromatic heterocycles. The Morgan fingerprint density at radius 1 is 1.53 bits per heavy atom. The molecule has 15 heavy (non-hydrogen) atoms. The Morgan fingerprint density at radius 2 is 2.27 bits per heavy atom. The van der Waals surface area contributed by atoms with E-state index < -0.39 is 0 Å². The van der Waals surface area contributed by atoms with E-state index in [9.17, 15) is 4.39 Å². The predicted octanol–water partition coefficient (Wildman–Crippen LogP) is 2.19. The van der Waals surface area contributed by atoms with Crippen LogP contribution < -0.4 is 5.32 Å². The van der Waals surface area contributed by atoms with E-state index in [1.807, 2.05) is 19.2 Å². The van der Waals surface area contributed by atoms with Gasteiger partial charge in [0.05, 0.1) is 6.61 Å². The van der Waals surface area contributed by atoms with Gasteiger partial charge in [-0.2, -0.15) is 0 Å². The van der Waals surface area contributed by atoms with E-state index in [1.165, 1.54) is 11.8 Å². The quantitative estimate of drug-likeness (QED) is 0.759. The van der Waals surface area contributed by atoms with Crippen molar-refractivity contribution in [2.75, 3.05) is 19.4 Å². The van der Waals surface area contributed by atoms with Crippen LogP contribution in [0.2, 0.25) is 0 Å². The van der Waals surface area contributed by atoms with E-state index in [1.54, 1.807) is 12.1 Å². The SMILES string of the molecule is CSc1ccc(C(C)NCCO)cc1F. The van der Waals surface area contributed by atoms with Crippen LogP contribution in [0, 0.1) is 5.82 Å². The Hall–Kier alpha value is -0.580. The second kappa shape index (κ2) is 6.10. The molecule has 0 radical (unpaired) electrons. The third-order valence-electron chi connectivity index (χ3n) is 2.24. The van der Waals surface area contributed by atoms with Crippen LogP contribution in [0.5, 0.6) is 0 Å². The fourth-order valence-corrected chi connectivity index (χ4v) is 1.81. The van der Waals surface area contributed by atoms with Crippen molar-refractivity contribution in [1.29, 1.82) is 0 Å². The molecular weight excluding hydrogens is 213 g/mol. The summed E-state index contributed by atoms with van der Waals surface area (Å²) in [6.45, 7) is 2.56. The van der Waals surface area contributed by atoms with Crippen LogP contribution in [0.25, 0.3) is 0 Å². The highest BCUT2D eigenvalue weighted by atomic mass is 32.2. The molecule has 2 nitrogen and oxygen atoms in total. The summed E-state index contributed by atoms with van der Waals surface area (Å²) < 4.78 is 13.4. The van der Waals surface area contributed by atoms with Gasteiger partial charge in [-0.05, 0) is 30.9 Å². The van der Waals surface area contributed by atoms with Crippen LogP contribution in [-0.4, -0.2) is 24.5 Å². The predicted molar refractivity (Wildman–Crippen MR) is 61.7 cm³/mol. The number of halogens is 1. The number of nitrogens with one attached hydrogen (secondary N) is 1. The van der Waals surface area contributed by atoms with Gasteiger partial charge in [-0.25, -0.2) is 4.39 Å². The van der Waals surface area contributed by atoms with E-state index in [4.69, 9.17) is 5.11 Å². The maximum absolute atomic E-state index is 13.4. The van der Waals surface area contributed by atoms with Gasteiger partial charge >= 0.3 is 0 Å². The van der Waals surface area contributed by atoms with Crippen molar-refractivity contribution in [3.05, 3.63) is 29.6 Å². The summed E-state index contributed by atoms with van der Waals surface area (Å²) in [6.07, 6.45) is 1.85. The van der Waals surface area contributed by atoms with Crippen molar-refractivity contribution >= 4 is 11.8 Å². The minimum absolute atomic E-state index is 0.0579. The monoisotopic (exact) mass is 229 g/mol. The van der Waals surface area contributed by atoms with Gasteiger partial charge in [0.1, 0.15) is 5.82 Å². The molecule has 1 aromatic carbocycles. The Bertz CT molecular complexity index is 319. The van der Waals surface area contributed by atoms with Crippen molar-refractivity contribution in [3.8, 4) is 0 Å². The van der Waals surface area contributed by atoms with Gasteiger partial charge in [0.2, 0.25) is 0 Å². The Morgan fingerprint density at radius 3 is 2.80 bits per heavy atom. The summed E-state index contributed by atoms with van der Waals surface area (Å²) in [4.78, 5) is 0.660. The van der Waals surface area contributed by atoms with Gasteiger partial charge < -0.3 is 10.4 Å². The van der Waals surface area contributed by atoms with Crippen LogP contribution >= 0.6 is 11.8 Å². The van der Waals surface area contributed by atoms with Crippen LogP contribution in [0.4, 0.5) is 4.39 Å². The summed E-state index contributed by atoms with van der Waals surface area (Å²) in [5.41, 5.74) is 0.902. The first-order valence-electron chi connectivity index (χ1n) is 4.86. The maximum atomic E-state index is 13.4. The topological polar surface area (TPSA) is 32.3 Å². The minimum atomic E-state index is -0.183. The molecule has 0 bridgehead atoms. The lowest BCUT2D eigenvalue weighted by Gasteiger charge is -2.14. The van der Waals surface area contributed by atoms with Crippen molar-refractivity contribution in [2.45, 2.75) is 17.9 Å². The van der Waals surface area contributed by atoms with Gasteiger partial charge in [-0.1, -0.05) is 6.07 Å². The Balaban J connectivity index is 2.73. The number of hydrogen-bond acceptors (Lipinski definition) is 3. The Kier molecular flexibility index (Phi) is 5.08. The summed E-state index contributed by atoms with van der Waals surface area (Å²) in [5.74, 6) is -0.183. The second-order valence-electron chi connectivity index (χ2n) is 3.29. The average molecular weight is 229 g/mol. The molecule has 0 spiro atoms. The average Bonchev–Trinajstić information content (AvgIpc) is 2.25. The molecule has 0 aliphatic carbocycles. The van der Waals surface area contributed by atoms with Crippen LogP contribution in [0.1, 0.15) is 18.5 Å². The lowest BCUT2D eigenvalue weighted by atomic mass is 10.1. The highest BCUT2D eigenvalue weighted by molar-refractivity contribution is 7.98. The van der Waals surface area contributed by atoms with E-state index in [-0.39, 0.29) is 18.5 Å². The third kappa shape index (κ3) is 3.48. The van der Waals surface area contributed by atoms with E-state index in [2.05, 4.69) is 5.32 Å². The fraction of sp³-hybridized carbons (Fsp3) is 0.455. The van der Waals surface area contributed by atoms with Crippen LogP contribution in [0.15, 0.2) is 23.1 Å². The molecule has 2 N–H and O–H groups in total. The molecule has 1 atom stereocenters. The molecule has 0 amide bonds. The van der Waals surface area contributed by atoms with Gasteiger partial charge in [-0.3, -0.25) is 0 Å². The van der Waals surface area contributed by atoms with Crippen molar-refractivity contribution < 1.29 is 9.50 Å². The van der Waals surface area contributed by atoms with Gasteiger partial charge in [0.25, 0.3) is 0 Å². The van der Waals surface area contributed by atoms with Crippen LogP contribution in [0.3, 0.4) is 0 Å². The third-order valence-corrected chi connectivity index (χ3v) is 3.01. The lowest BCUT2D eigenvalue weighted by molar-refractivity contribution is 0.286. The van der Waals surface area contributed by atoms with E-state index >= 15 is 0 Å². The number of rotatable bonds is 5. The smallest absolute Gasteiger partial charge is 0.137 e. The highest BCUT2D eigenvalue weighted by Gasteiger charge is 2.07. The first-order chi connectivity index (χ1) is 7.19. The van der Waals surface area contributed by atoms with Gasteiger partial charge in [-0.15, -0.1) is 11.8 Å². The molecule has 0 saturated carbocycles. The van der Waals surface area contributed by atoms with E-state index in [0.29, 0.717) is 11.4 Å². The zero-order valence-corrected chi connectivity index (χ0v) is 9.77. The number of hydrogen-bond donors (Lipinski definition) is 2. The normalized spacial score (nSPS) is 12.8. The molecule has 1 rings (SSSR count). The van der Waals surface area contributed by atoms with Crippen molar-refractivity contribution in [1.82, 2.24) is 5.32 Å². The second-order valence-corrected chi connectivity index (χ2v) is 4.14. The molecule has 0 fully saturated rings. The summed E-state index contributed by atoms with van der Waals surface area (Å²) in [5, 5.41) is 11.7. The molecule has 1 unspecified atom stereocenters. The number of aliphatic hydroxyl groups is 1. The van der Waals surface area contributed by atoms with Crippen molar-refractivity contribution in [2.24, 2.45) is 0 Å². The first kappa shape index (κ1) is 12.5. The van der Waals surface area contributed by atoms with Gasteiger partial charge in [0.15, 0.2) is 0 Å². The number of thioether (sulfide) groups is 1. The van der Waals surface area contributed by atoms with Crippen molar-refractivity contribution in [3.63, 3.8) is 0 Å². The Labute approximate surface area is 93.9 Å². The first-order valence-corrected chi connectivity index (χ1v) is 6.09. The molecule has 4 heteroatoms. The fourth-order valence-electron chi connectivity index (χ4n) is 1.35. The summed E-state index contributed by atoms with van der Waals surface area (Å²) in [7, 11) is 0. The maximum Gasteiger partial charge on any atom is 0.137 e. The van der Waals surface area contributed by atoms with Crippen LogP contribution in [-0.2, 0) is 0 Å². The standard InChI is InChI=1S/C11H16FNOS/c1-8(13-5-6-14)9-3-4-11(15-2)10(12)7-9/h3-4,7-8,13-14H,5-6H2,1-2H3. The molecule has 84 valence electrons. The zero-order chi connectivity index (χ0) is 11.3. The minimum Gasteiger partial charge on any atom is -0.395 e. The number of benzene rings is 1. The molecule has 0 heterocycles. The summed E-state index contributed by atoms with van der Waals surface area (Å²) >= 11 is 1.40. The molecular formula is C11H16FNOS. The van der Waals surface area contributed by atoms with Gasteiger partial charge in [0, 0.05) is 17.5 Å². The lowest BCUT2D eigenvalue weighted by Crippen LogP contribution is -2.22. The largest absolute Gasteiger partial charge is 0.395 e. The molecule has 0 aliphatic heterocycles. The molecule has 1 aromatic rings. The molecule has 0 aliphatic rings. The molecule has 0 saturated heterocycles. The summed E-state index contributed by atoms with van der Waals surface area (Å²) in [6, 6.07) is 5.29. The van der Waals surface area contributed by atoms with E-state index in [0.717, 1.165) is 5.56 Å².